The number of amides is 1. The summed E-state index contributed by atoms with van der Waals surface area (Å²) in [5.41, 5.74) is 6.64. The molecule has 1 aromatic rings. The van der Waals surface area contributed by atoms with Crippen LogP contribution >= 0.6 is 0 Å². The fourth-order valence-electron chi connectivity index (χ4n) is 2.10. The summed E-state index contributed by atoms with van der Waals surface area (Å²) in [5, 5.41) is 2.70. The lowest BCUT2D eigenvalue weighted by Gasteiger charge is -2.08. The SMILES string of the molecule is C=C/C(C(=O)Nc1ccc(F)cc1)=C(\C=C\CN=CON)N=CCCCCN. The average Bonchev–Trinajstić information content (AvgIpc) is 2.69. The molecular weight excluding hydrogens is 361 g/mol. The van der Waals surface area contributed by atoms with Crippen molar-refractivity contribution in [3.8, 4) is 0 Å². The predicted molar refractivity (Wildman–Crippen MR) is 111 cm³/mol. The van der Waals surface area contributed by atoms with Crippen LogP contribution in [0, 0.1) is 5.82 Å². The fraction of sp³-hybridized carbons (Fsp3) is 0.250. The molecule has 0 atom stereocenters. The van der Waals surface area contributed by atoms with Crippen molar-refractivity contribution in [1.29, 1.82) is 0 Å². The summed E-state index contributed by atoms with van der Waals surface area (Å²) >= 11 is 0. The number of nitrogens with one attached hydrogen (secondary N) is 1. The van der Waals surface area contributed by atoms with E-state index in [0.29, 0.717) is 24.5 Å². The number of aliphatic imine (C=N–C) groups is 2. The Hall–Kier alpha value is -3.10. The lowest BCUT2D eigenvalue weighted by Crippen LogP contribution is -2.14. The molecule has 0 bridgehead atoms. The Morgan fingerprint density at radius 2 is 2.04 bits per heavy atom. The number of rotatable bonds is 12. The molecule has 0 aliphatic carbocycles. The van der Waals surface area contributed by atoms with E-state index in [1.807, 2.05) is 0 Å². The molecule has 150 valence electrons. The Labute approximate surface area is 164 Å². The highest BCUT2D eigenvalue weighted by atomic mass is 19.1. The Morgan fingerprint density at radius 3 is 2.68 bits per heavy atom. The molecule has 0 radical (unpaired) electrons. The number of benzene rings is 1. The van der Waals surface area contributed by atoms with E-state index in [1.54, 1.807) is 18.4 Å². The summed E-state index contributed by atoms with van der Waals surface area (Å²) in [6.07, 6.45) is 10.2. The van der Waals surface area contributed by atoms with Crippen LogP contribution in [0.1, 0.15) is 19.3 Å². The maximum absolute atomic E-state index is 13.0. The van der Waals surface area contributed by atoms with E-state index >= 15 is 0 Å². The van der Waals surface area contributed by atoms with Crippen molar-refractivity contribution < 1.29 is 14.0 Å². The van der Waals surface area contributed by atoms with Crippen LogP contribution in [-0.4, -0.2) is 31.6 Å². The summed E-state index contributed by atoms with van der Waals surface area (Å²) in [6, 6.07) is 5.48. The van der Waals surface area contributed by atoms with Gasteiger partial charge in [0.15, 0.2) is 6.40 Å². The van der Waals surface area contributed by atoms with Crippen molar-refractivity contribution in [2.45, 2.75) is 19.3 Å². The smallest absolute Gasteiger partial charge is 0.257 e. The van der Waals surface area contributed by atoms with Crippen molar-refractivity contribution in [2.75, 3.05) is 18.4 Å². The second-order valence-electron chi connectivity index (χ2n) is 5.57. The van der Waals surface area contributed by atoms with Gasteiger partial charge in [0.05, 0.1) is 17.8 Å². The minimum absolute atomic E-state index is 0.273. The second kappa shape index (κ2) is 14.0. The zero-order valence-corrected chi connectivity index (χ0v) is 15.7. The molecule has 0 saturated carbocycles. The van der Waals surface area contributed by atoms with Crippen molar-refractivity contribution in [2.24, 2.45) is 21.6 Å². The lowest BCUT2D eigenvalue weighted by atomic mass is 10.1. The highest BCUT2D eigenvalue weighted by Crippen LogP contribution is 2.15. The van der Waals surface area contributed by atoms with Crippen LogP contribution in [-0.2, 0) is 9.63 Å². The number of halogens is 1. The number of allylic oxidation sites excluding steroid dienone is 1. The number of unbranched alkanes of at least 4 members (excludes halogenated alkanes) is 2. The Bertz CT molecular complexity index is 739. The van der Waals surface area contributed by atoms with Crippen molar-refractivity contribution in [1.82, 2.24) is 0 Å². The highest BCUT2D eigenvalue weighted by molar-refractivity contribution is 6.06. The van der Waals surface area contributed by atoms with Gasteiger partial charge in [-0.25, -0.2) is 4.39 Å². The monoisotopic (exact) mass is 387 g/mol. The van der Waals surface area contributed by atoms with Gasteiger partial charge in [0.25, 0.3) is 5.91 Å². The summed E-state index contributed by atoms with van der Waals surface area (Å²) in [4.78, 5) is 25.1. The fourth-order valence-corrected chi connectivity index (χ4v) is 2.10. The number of hydrogen-bond acceptors (Lipinski definition) is 6. The van der Waals surface area contributed by atoms with Gasteiger partial charge < -0.3 is 15.9 Å². The molecule has 0 aromatic heterocycles. The van der Waals surface area contributed by atoms with E-state index in [-0.39, 0.29) is 11.4 Å². The second-order valence-corrected chi connectivity index (χ2v) is 5.57. The maximum Gasteiger partial charge on any atom is 0.257 e. The number of nitrogens with two attached hydrogens (primary N) is 2. The van der Waals surface area contributed by atoms with Gasteiger partial charge in [-0.1, -0.05) is 18.7 Å². The van der Waals surface area contributed by atoms with Gasteiger partial charge in [0, 0.05) is 11.9 Å². The Balaban J connectivity index is 3.01. The van der Waals surface area contributed by atoms with Crippen LogP contribution in [0.25, 0.3) is 0 Å². The highest BCUT2D eigenvalue weighted by Gasteiger charge is 2.11. The van der Waals surface area contributed by atoms with Crippen LogP contribution < -0.4 is 16.9 Å². The number of hydrogen-bond donors (Lipinski definition) is 3. The number of anilines is 1. The van der Waals surface area contributed by atoms with Gasteiger partial charge in [-0.2, -0.15) is 5.90 Å². The minimum Gasteiger partial charge on any atom is -0.400 e. The van der Waals surface area contributed by atoms with Gasteiger partial charge in [0.2, 0.25) is 0 Å². The molecular formula is C20H26FN5O2. The van der Waals surface area contributed by atoms with Gasteiger partial charge in [-0.05, 0) is 56.1 Å². The molecule has 0 unspecified atom stereocenters. The van der Waals surface area contributed by atoms with Crippen LogP contribution in [0.15, 0.2) is 70.3 Å². The zero-order valence-electron chi connectivity index (χ0n) is 15.7. The van der Waals surface area contributed by atoms with Crippen molar-refractivity contribution >= 4 is 24.2 Å². The third-order valence-corrected chi connectivity index (χ3v) is 3.47. The van der Waals surface area contributed by atoms with Crippen LogP contribution in [0.4, 0.5) is 10.1 Å². The van der Waals surface area contributed by atoms with Crippen LogP contribution in [0.3, 0.4) is 0 Å². The molecule has 7 nitrogen and oxygen atoms in total. The van der Waals surface area contributed by atoms with Gasteiger partial charge in [0.1, 0.15) is 5.82 Å². The van der Waals surface area contributed by atoms with E-state index in [0.717, 1.165) is 25.7 Å². The van der Waals surface area contributed by atoms with E-state index in [4.69, 9.17) is 11.6 Å². The van der Waals surface area contributed by atoms with Gasteiger partial charge >= 0.3 is 0 Å². The first-order valence-electron chi connectivity index (χ1n) is 8.79. The molecule has 0 fully saturated rings. The van der Waals surface area contributed by atoms with Crippen LogP contribution in [0.5, 0.6) is 0 Å². The van der Waals surface area contributed by atoms with E-state index in [9.17, 15) is 9.18 Å². The van der Waals surface area contributed by atoms with Crippen molar-refractivity contribution in [3.63, 3.8) is 0 Å². The summed E-state index contributed by atoms with van der Waals surface area (Å²) in [7, 11) is 0. The number of carbonyl (C=O) groups excluding carboxylic acids is 1. The minimum atomic E-state index is -0.408. The van der Waals surface area contributed by atoms with Crippen LogP contribution in [0.2, 0.25) is 0 Å². The maximum atomic E-state index is 13.0. The standard InChI is InChI=1S/C20H26FN5O2/c1-2-18(20(27)26-17-10-8-16(21)9-11-17)19(7-6-13-24-15-28-23)25-14-5-3-4-12-22/h2,6-11,14-15H,1,3-5,12-13,22-23H2,(H,26,27)/b7-6+,19-18-,24-15?,25-14?. The summed E-state index contributed by atoms with van der Waals surface area (Å²) < 4.78 is 13.0. The topological polar surface area (TPSA) is 115 Å². The number of nitrogens with zero attached hydrogens (tertiary/aromatic N) is 2. The first kappa shape index (κ1) is 22.9. The first-order chi connectivity index (χ1) is 13.6. The average molecular weight is 387 g/mol. The Kier molecular flexibility index (Phi) is 11.5. The summed E-state index contributed by atoms with van der Waals surface area (Å²) in [5.74, 6) is 4.07. The van der Waals surface area contributed by atoms with E-state index < -0.39 is 5.91 Å². The molecule has 1 rings (SSSR count). The quantitative estimate of drug-likeness (QED) is 0.128. The first-order valence-corrected chi connectivity index (χ1v) is 8.79. The van der Waals surface area contributed by atoms with E-state index in [1.165, 1.54) is 30.3 Å². The molecule has 28 heavy (non-hydrogen) atoms. The molecule has 0 spiro atoms. The molecule has 1 amide bonds. The third kappa shape index (κ3) is 9.02. The molecule has 5 N–H and O–H groups in total. The normalized spacial score (nSPS) is 12.5. The van der Waals surface area contributed by atoms with E-state index in [2.05, 4.69) is 26.7 Å². The molecule has 0 heterocycles. The van der Waals surface area contributed by atoms with Gasteiger partial charge in [-0.15, -0.1) is 0 Å². The number of carbonyl (C=O) groups is 1. The predicted octanol–water partition coefficient (Wildman–Crippen LogP) is 2.88. The third-order valence-electron chi connectivity index (χ3n) is 3.47. The molecule has 0 aliphatic heterocycles. The Morgan fingerprint density at radius 1 is 1.29 bits per heavy atom. The molecule has 1 aromatic carbocycles. The van der Waals surface area contributed by atoms with Gasteiger partial charge in [-0.3, -0.25) is 14.8 Å². The largest absolute Gasteiger partial charge is 0.400 e. The lowest BCUT2D eigenvalue weighted by molar-refractivity contribution is -0.112. The zero-order chi connectivity index (χ0) is 20.6. The van der Waals surface area contributed by atoms with Crippen molar-refractivity contribution in [3.05, 3.63) is 66.2 Å². The summed E-state index contributed by atoms with van der Waals surface area (Å²) in [6.45, 7) is 4.62. The molecule has 8 heteroatoms. The molecule has 0 aliphatic rings. The molecule has 0 saturated heterocycles.